The zero-order valence-electron chi connectivity index (χ0n) is 23.3. The average Bonchev–Trinajstić information content (AvgIpc) is 2.98. The number of likely N-dealkylation sites (tertiary alicyclic amines) is 1. The van der Waals surface area contributed by atoms with Crippen molar-refractivity contribution in [2.75, 3.05) is 50.5 Å². The first-order chi connectivity index (χ1) is 19.3. The number of nitrogens with one attached hydrogen (secondary N) is 1. The molecule has 0 aliphatic carbocycles. The monoisotopic (exact) mass is 541 g/mol. The Hall–Kier alpha value is -3.95. The number of hydrogen-bond acceptors (Lipinski definition) is 6. The number of pyridine rings is 1. The fourth-order valence-electron chi connectivity index (χ4n) is 5.61. The van der Waals surface area contributed by atoms with Crippen molar-refractivity contribution in [3.05, 3.63) is 84.1 Å². The lowest BCUT2D eigenvalue weighted by molar-refractivity contribution is 0.0118. The Kier molecular flexibility index (Phi) is 8.32. The number of amides is 1. The summed E-state index contributed by atoms with van der Waals surface area (Å²) in [6.45, 7) is 3.37. The molecular weight excluding hydrogens is 502 g/mol. The maximum atomic E-state index is 13.0. The van der Waals surface area contributed by atoms with Crippen molar-refractivity contribution < 1.29 is 9.90 Å². The summed E-state index contributed by atoms with van der Waals surface area (Å²) in [6, 6.07) is 21.3. The van der Waals surface area contributed by atoms with E-state index in [0.29, 0.717) is 37.3 Å². The Morgan fingerprint density at radius 2 is 1.70 bits per heavy atom. The number of benzene rings is 2. The molecule has 3 heterocycles. The van der Waals surface area contributed by atoms with E-state index < -0.39 is 5.60 Å². The molecule has 2 aliphatic heterocycles. The lowest BCUT2D eigenvalue weighted by atomic mass is 9.84. The summed E-state index contributed by atoms with van der Waals surface area (Å²) in [5.41, 5.74) is 8.65. The number of aliphatic imine (C=N–C) groups is 1. The van der Waals surface area contributed by atoms with E-state index in [-0.39, 0.29) is 17.9 Å². The number of rotatable bonds is 6. The first kappa shape index (κ1) is 27.6. The van der Waals surface area contributed by atoms with Crippen LogP contribution in [0.3, 0.4) is 0 Å². The number of nitrogens with zero attached hydrogens (tertiary/aromatic N) is 5. The second-order valence-electron chi connectivity index (χ2n) is 10.9. The zero-order chi connectivity index (χ0) is 28.1. The number of hydrogen-bond donors (Lipinski definition) is 3. The fraction of sp³-hybridized carbons (Fsp3) is 0.387. The third-order valence-electron chi connectivity index (χ3n) is 8.20. The summed E-state index contributed by atoms with van der Waals surface area (Å²) in [7, 11) is 4.01. The highest BCUT2D eigenvalue weighted by atomic mass is 16.3. The molecule has 0 atom stereocenters. The molecule has 9 heteroatoms. The maximum Gasteiger partial charge on any atom is 0.253 e. The van der Waals surface area contributed by atoms with Crippen molar-refractivity contribution in [1.29, 1.82) is 0 Å². The Morgan fingerprint density at radius 1 is 1.02 bits per heavy atom. The molecule has 3 aromatic rings. The van der Waals surface area contributed by atoms with Gasteiger partial charge in [0.25, 0.3) is 5.91 Å². The van der Waals surface area contributed by atoms with Crippen LogP contribution in [0.25, 0.3) is 0 Å². The van der Waals surface area contributed by atoms with Crippen molar-refractivity contribution in [3.8, 4) is 0 Å². The lowest BCUT2D eigenvalue weighted by Crippen LogP contribution is -2.44. The van der Waals surface area contributed by atoms with Gasteiger partial charge < -0.3 is 30.9 Å². The molecular formula is C31H39N7O2. The minimum Gasteiger partial charge on any atom is -0.385 e. The van der Waals surface area contributed by atoms with Gasteiger partial charge in [-0.3, -0.25) is 4.79 Å². The summed E-state index contributed by atoms with van der Waals surface area (Å²) in [5.74, 6) is 0.756. The van der Waals surface area contributed by atoms with Crippen LogP contribution in [-0.2, 0) is 5.60 Å². The second kappa shape index (κ2) is 12.1. The number of aromatic nitrogens is 1. The first-order valence-corrected chi connectivity index (χ1v) is 14.0. The maximum absolute atomic E-state index is 13.0. The van der Waals surface area contributed by atoms with Gasteiger partial charge in [0.15, 0.2) is 11.8 Å². The topological polar surface area (TPSA) is 110 Å². The number of carbonyl (C=O) groups excluding carboxylic acids is 1. The van der Waals surface area contributed by atoms with Crippen LogP contribution in [0.15, 0.2) is 77.9 Å². The van der Waals surface area contributed by atoms with Crippen LogP contribution >= 0.6 is 0 Å². The molecule has 1 amide bonds. The van der Waals surface area contributed by atoms with Gasteiger partial charge in [0.05, 0.1) is 11.3 Å². The predicted octanol–water partition coefficient (Wildman–Crippen LogP) is 3.79. The SMILES string of the molecule is CN1CCC(N(C)C(=O)c2ccc(NC(N)=Nc3ncccc3N3CCC(O)(c4ccccc4)CC3)cc2)CC1. The van der Waals surface area contributed by atoms with Gasteiger partial charge in [-0.1, -0.05) is 30.3 Å². The van der Waals surface area contributed by atoms with Gasteiger partial charge in [-0.05, 0) is 87.8 Å². The summed E-state index contributed by atoms with van der Waals surface area (Å²) < 4.78 is 0. The number of carbonyl (C=O) groups is 1. The Bertz CT molecular complexity index is 1310. The highest BCUT2D eigenvalue weighted by molar-refractivity contribution is 5.97. The van der Waals surface area contributed by atoms with Crippen molar-refractivity contribution in [2.45, 2.75) is 37.3 Å². The van der Waals surface area contributed by atoms with Gasteiger partial charge in [-0.15, -0.1) is 0 Å². The van der Waals surface area contributed by atoms with Crippen molar-refractivity contribution in [3.63, 3.8) is 0 Å². The fourth-order valence-corrected chi connectivity index (χ4v) is 5.61. The number of piperidine rings is 2. The van der Waals surface area contributed by atoms with E-state index in [1.165, 1.54) is 0 Å². The standard InChI is InChI=1S/C31H39N7O2/c1-36-19-14-26(15-20-36)37(2)29(39)23-10-12-25(13-11-23)34-30(32)35-28-27(9-6-18-33-28)38-21-16-31(40,17-22-38)24-7-4-3-5-8-24/h3-13,18,26,40H,14-17,19-22H2,1-2H3,(H3,32,33,34,35). The van der Waals surface area contributed by atoms with Crippen LogP contribution < -0.4 is 16.0 Å². The van der Waals surface area contributed by atoms with Gasteiger partial charge >= 0.3 is 0 Å². The summed E-state index contributed by atoms with van der Waals surface area (Å²) in [4.78, 5) is 28.4. The molecule has 2 aliphatic rings. The molecule has 1 aromatic heterocycles. The Morgan fingerprint density at radius 3 is 2.38 bits per heavy atom. The van der Waals surface area contributed by atoms with Crippen molar-refractivity contribution in [2.24, 2.45) is 10.7 Å². The highest BCUT2D eigenvalue weighted by Crippen LogP contribution is 2.36. The van der Waals surface area contributed by atoms with E-state index in [9.17, 15) is 9.90 Å². The molecule has 5 rings (SSSR count). The molecule has 0 saturated carbocycles. The summed E-state index contributed by atoms with van der Waals surface area (Å²) >= 11 is 0. The quantitative estimate of drug-likeness (QED) is 0.322. The first-order valence-electron chi connectivity index (χ1n) is 14.0. The largest absolute Gasteiger partial charge is 0.385 e. The van der Waals surface area contributed by atoms with Crippen LogP contribution in [0.5, 0.6) is 0 Å². The van der Waals surface area contributed by atoms with Crippen molar-refractivity contribution >= 4 is 29.1 Å². The summed E-state index contributed by atoms with van der Waals surface area (Å²) in [5, 5.41) is 14.3. The minimum absolute atomic E-state index is 0.0292. The second-order valence-corrected chi connectivity index (χ2v) is 10.9. The summed E-state index contributed by atoms with van der Waals surface area (Å²) in [6.07, 6.45) is 4.90. The molecule has 4 N–H and O–H groups in total. The van der Waals surface area contributed by atoms with Gasteiger partial charge in [0.1, 0.15) is 0 Å². The van der Waals surface area contributed by atoms with Gasteiger partial charge in [-0.25, -0.2) is 4.98 Å². The molecule has 40 heavy (non-hydrogen) atoms. The molecule has 0 bridgehead atoms. The zero-order valence-corrected chi connectivity index (χ0v) is 23.3. The normalized spacial score (nSPS) is 18.4. The van der Waals surface area contributed by atoms with Gasteiger partial charge in [-0.2, -0.15) is 4.99 Å². The number of guanidine groups is 1. The predicted molar refractivity (Wildman–Crippen MR) is 160 cm³/mol. The highest BCUT2D eigenvalue weighted by Gasteiger charge is 2.34. The van der Waals surface area contributed by atoms with Gasteiger partial charge in [0, 0.05) is 43.6 Å². The third-order valence-corrected chi connectivity index (χ3v) is 8.20. The van der Waals surface area contributed by atoms with E-state index in [2.05, 4.69) is 32.1 Å². The molecule has 210 valence electrons. The molecule has 2 saturated heterocycles. The molecule has 2 aromatic carbocycles. The van der Waals surface area contributed by atoms with Crippen LogP contribution in [0, 0.1) is 0 Å². The molecule has 0 unspecified atom stereocenters. The van der Waals surface area contributed by atoms with E-state index in [1.807, 2.05) is 78.7 Å². The van der Waals surface area contributed by atoms with Crippen LogP contribution in [0.1, 0.15) is 41.6 Å². The average molecular weight is 542 g/mol. The van der Waals surface area contributed by atoms with E-state index in [4.69, 9.17) is 5.73 Å². The van der Waals surface area contributed by atoms with E-state index in [0.717, 1.165) is 42.9 Å². The Labute approximate surface area is 236 Å². The molecule has 0 radical (unpaired) electrons. The van der Waals surface area contributed by atoms with E-state index in [1.54, 1.807) is 6.20 Å². The van der Waals surface area contributed by atoms with Crippen LogP contribution in [0.4, 0.5) is 17.2 Å². The number of anilines is 2. The number of nitrogens with two attached hydrogens (primary N) is 1. The van der Waals surface area contributed by atoms with Gasteiger partial charge in [0.2, 0.25) is 0 Å². The minimum atomic E-state index is -0.834. The van der Waals surface area contributed by atoms with Crippen molar-refractivity contribution in [1.82, 2.24) is 14.8 Å². The lowest BCUT2D eigenvalue weighted by Gasteiger charge is -2.39. The molecule has 2 fully saturated rings. The molecule has 9 nitrogen and oxygen atoms in total. The van der Waals surface area contributed by atoms with Crippen LogP contribution in [-0.4, -0.2) is 78.1 Å². The smallest absolute Gasteiger partial charge is 0.253 e. The third kappa shape index (κ3) is 6.26. The number of aliphatic hydroxyl groups is 1. The van der Waals surface area contributed by atoms with E-state index >= 15 is 0 Å². The Balaban J connectivity index is 1.22. The molecule has 0 spiro atoms. The van der Waals surface area contributed by atoms with Crippen LogP contribution in [0.2, 0.25) is 0 Å².